The maximum Gasteiger partial charge on any atom is 0.251 e. The molecule has 1 aromatic heterocycles. The number of benzene rings is 2. The zero-order valence-corrected chi connectivity index (χ0v) is 21.9. The number of sulfonamides is 1. The maximum absolute atomic E-state index is 12.6. The molecule has 2 aromatic carbocycles. The first kappa shape index (κ1) is 26.3. The smallest absolute Gasteiger partial charge is 0.251 e. The molecule has 1 aliphatic heterocycles. The van der Waals surface area contributed by atoms with Crippen LogP contribution >= 0.6 is 11.3 Å². The van der Waals surface area contributed by atoms with Crippen molar-refractivity contribution in [3.8, 4) is 16.5 Å². The van der Waals surface area contributed by atoms with E-state index in [1.54, 1.807) is 13.0 Å². The molecule has 0 saturated carbocycles. The van der Waals surface area contributed by atoms with Gasteiger partial charge in [0.05, 0.1) is 12.7 Å². The van der Waals surface area contributed by atoms with E-state index in [-0.39, 0.29) is 6.54 Å². The fourth-order valence-electron chi connectivity index (χ4n) is 4.14. The van der Waals surface area contributed by atoms with Crippen molar-refractivity contribution in [3.05, 3.63) is 58.3 Å². The number of piperazine rings is 1. The number of fused-ring (bicyclic) bond motifs is 1. The number of anilines is 1. The second kappa shape index (κ2) is 11.1. The van der Waals surface area contributed by atoms with Gasteiger partial charge in [-0.15, -0.1) is 11.3 Å². The van der Waals surface area contributed by atoms with Gasteiger partial charge in [-0.3, -0.25) is 0 Å². The summed E-state index contributed by atoms with van der Waals surface area (Å²) in [6.45, 7) is 4.79. The molecule has 1 saturated heterocycles. The Morgan fingerprint density at radius 2 is 1.81 bits per heavy atom. The van der Waals surface area contributed by atoms with Crippen LogP contribution in [0.5, 0.6) is 0 Å². The van der Waals surface area contributed by atoms with E-state index in [1.807, 2.05) is 12.1 Å². The zero-order chi connectivity index (χ0) is 25.9. The molecule has 0 aliphatic carbocycles. The lowest BCUT2D eigenvalue weighted by Crippen LogP contribution is -2.44. The third kappa shape index (κ3) is 5.78. The molecule has 1 fully saturated rings. The van der Waals surface area contributed by atoms with Crippen LogP contribution in [0.2, 0.25) is 0 Å². The average Bonchev–Trinajstić information content (AvgIpc) is 3.38. The van der Waals surface area contributed by atoms with Gasteiger partial charge in [0.25, 0.3) is 10.0 Å². The summed E-state index contributed by atoms with van der Waals surface area (Å²) in [5.74, 6) is 0. The highest BCUT2D eigenvalue weighted by atomic mass is 32.2. The Hall–Kier alpha value is -2.78. The van der Waals surface area contributed by atoms with Crippen LogP contribution < -0.4 is 9.62 Å². The number of allylic oxidation sites excluding steroid dienone is 2. The van der Waals surface area contributed by atoms with Crippen molar-refractivity contribution in [3.63, 3.8) is 0 Å². The second-order valence-electron chi connectivity index (χ2n) is 8.95. The van der Waals surface area contributed by atoms with Gasteiger partial charge in [-0.05, 0) is 66.2 Å². The molecule has 3 aromatic rings. The lowest BCUT2D eigenvalue weighted by Gasteiger charge is -2.34. The maximum atomic E-state index is 12.6. The van der Waals surface area contributed by atoms with Crippen molar-refractivity contribution < 1.29 is 18.6 Å². The van der Waals surface area contributed by atoms with Gasteiger partial charge in [-0.2, -0.15) is 5.26 Å². The Morgan fingerprint density at radius 1 is 1.11 bits per heavy atom. The summed E-state index contributed by atoms with van der Waals surface area (Å²) in [6.07, 6.45) is -1.24. The molecule has 190 valence electrons. The number of nitrogens with zero attached hydrogens (tertiary/aromatic N) is 3. The summed E-state index contributed by atoms with van der Waals surface area (Å²) in [7, 11) is -1.98. The summed E-state index contributed by atoms with van der Waals surface area (Å²) in [4.78, 5) is 5.97. The van der Waals surface area contributed by atoms with Crippen molar-refractivity contribution in [1.29, 1.82) is 5.26 Å². The van der Waals surface area contributed by atoms with Crippen molar-refractivity contribution >= 4 is 43.4 Å². The number of hydrogen-bond acceptors (Lipinski definition) is 8. The summed E-state index contributed by atoms with van der Waals surface area (Å²) in [5.41, 5.74) is 2.58. The van der Waals surface area contributed by atoms with E-state index in [0.29, 0.717) is 10.5 Å². The van der Waals surface area contributed by atoms with E-state index in [4.69, 9.17) is 5.11 Å². The van der Waals surface area contributed by atoms with Crippen molar-refractivity contribution in [2.45, 2.75) is 13.0 Å². The van der Waals surface area contributed by atoms with Gasteiger partial charge in [0.15, 0.2) is 4.91 Å². The summed E-state index contributed by atoms with van der Waals surface area (Å²) >= 11 is 1.41. The molecule has 0 amide bonds. The number of hydrogen-bond donors (Lipinski definition) is 3. The Morgan fingerprint density at radius 3 is 2.50 bits per heavy atom. The van der Waals surface area contributed by atoms with E-state index in [9.17, 15) is 18.8 Å². The van der Waals surface area contributed by atoms with Gasteiger partial charge in [-0.25, -0.2) is 13.1 Å². The third-order valence-corrected chi connectivity index (χ3v) is 9.12. The zero-order valence-electron chi connectivity index (χ0n) is 20.3. The van der Waals surface area contributed by atoms with Crippen LogP contribution in [0.1, 0.15) is 11.8 Å². The Balaban J connectivity index is 1.57. The summed E-state index contributed by atoms with van der Waals surface area (Å²) < 4.78 is 27.4. The van der Waals surface area contributed by atoms with Crippen LogP contribution in [-0.2, 0) is 10.0 Å². The fraction of sp³-hybridized carbons (Fsp3) is 0.346. The first-order valence-corrected chi connectivity index (χ1v) is 14.0. The van der Waals surface area contributed by atoms with E-state index in [1.165, 1.54) is 17.0 Å². The molecular weight excluding hydrogens is 496 g/mol. The van der Waals surface area contributed by atoms with Crippen LogP contribution in [0.15, 0.2) is 53.4 Å². The molecular formula is C26H30N4O4S2. The van der Waals surface area contributed by atoms with Crippen LogP contribution in [0.4, 0.5) is 5.69 Å². The van der Waals surface area contributed by atoms with Crippen molar-refractivity contribution in [2.75, 3.05) is 51.3 Å². The van der Waals surface area contributed by atoms with Gasteiger partial charge < -0.3 is 20.0 Å². The molecule has 1 aliphatic rings. The number of aliphatic hydroxyl groups is 2. The highest BCUT2D eigenvalue weighted by Crippen LogP contribution is 2.35. The van der Waals surface area contributed by atoms with Crippen LogP contribution in [-0.4, -0.2) is 76.0 Å². The lowest BCUT2D eigenvalue weighted by molar-refractivity contribution is 0.0989. The van der Waals surface area contributed by atoms with Crippen molar-refractivity contribution in [2.24, 2.45) is 0 Å². The average molecular weight is 527 g/mol. The third-order valence-electron chi connectivity index (χ3n) is 6.38. The predicted octanol–water partition coefficient (Wildman–Crippen LogP) is 2.85. The van der Waals surface area contributed by atoms with Crippen LogP contribution in [0.25, 0.3) is 26.8 Å². The van der Waals surface area contributed by atoms with Gasteiger partial charge in [-0.1, -0.05) is 18.2 Å². The number of nitriles is 1. The van der Waals surface area contributed by atoms with Gasteiger partial charge >= 0.3 is 0 Å². The molecule has 1 unspecified atom stereocenters. The Bertz CT molecular complexity index is 1420. The molecule has 2 heterocycles. The topological polar surface area (TPSA) is 117 Å². The monoisotopic (exact) mass is 526 g/mol. The molecule has 4 rings (SSSR count). The minimum atomic E-state index is -4.13. The highest BCUT2D eigenvalue weighted by Gasteiger charge is 2.23. The predicted molar refractivity (Wildman–Crippen MR) is 145 cm³/mol. The Labute approximate surface area is 215 Å². The van der Waals surface area contributed by atoms with E-state index >= 15 is 0 Å². The number of aliphatic hydroxyl groups excluding tert-OH is 2. The highest BCUT2D eigenvalue weighted by molar-refractivity contribution is 7.93. The van der Waals surface area contributed by atoms with Gasteiger partial charge in [0, 0.05) is 48.2 Å². The molecule has 1 atom stereocenters. The molecule has 8 nitrogen and oxygen atoms in total. The van der Waals surface area contributed by atoms with E-state index in [2.05, 4.69) is 58.0 Å². The quantitative estimate of drug-likeness (QED) is 0.387. The van der Waals surface area contributed by atoms with Crippen LogP contribution in [0, 0.1) is 11.3 Å². The van der Waals surface area contributed by atoms with E-state index < -0.39 is 27.6 Å². The Kier molecular flexibility index (Phi) is 8.10. The molecule has 10 heteroatoms. The minimum Gasteiger partial charge on any atom is -0.394 e. The minimum absolute atomic E-state index is 0.331. The lowest BCUT2D eigenvalue weighted by atomic mass is 10.0. The van der Waals surface area contributed by atoms with Crippen molar-refractivity contribution in [1.82, 2.24) is 9.62 Å². The molecule has 0 bridgehead atoms. The van der Waals surface area contributed by atoms with E-state index in [0.717, 1.165) is 47.4 Å². The normalized spacial score (nSPS) is 16.6. The SMILES string of the molecule is CC(=C(C#N)S(=O)(=O)NCC(O)CO)c1ccc(-c2ccc3cc(N4CCN(C)CC4)ccc3c2)s1. The van der Waals surface area contributed by atoms with Crippen LogP contribution in [0.3, 0.4) is 0 Å². The number of rotatable bonds is 8. The fourth-order valence-corrected chi connectivity index (χ4v) is 6.41. The molecule has 0 spiro atoms. The van der Waals surface area contributed by atoms with Gasteiger partial charge in [0.2, 0.25) is 0 Å². The molecule has 36 heavy (non-hydrogen) atoms. The van der Waals surface area contributed by atoms with Gasteiger partial charge in [0.1, 0.15) is 6.07 Å². The summed E-state index contributed by atoms with van der Waals surface area (Å²) in [6, 6.07) is 18.3. The number of nitrogens with one attached hydrogen (secondary N) is 1. The standard InChI is InChI=1S/C26H30N4O4S2/c1-18(26(15-27)36(33,34)28-16-23(32)17-31)24-7-8-25(35-24)21-4-3-20-14-22(6-5-19(20)13-21)30-11-9-29(2)10-12-30/h3-8,13-14,23,28,31-32H,9-12,16-17H2,1-2H3. The first-order chi connectivity index (χ1) is 17.2. The molecule has 3 N–H and O–H groups in total. The summed E-state index contributed by atoms with van der Waals surface area (Å²) in [5, 5.41) is 30.2. The largest absolute Gasteiger partial charge is 0.394 e. The number of likely N-dealkylation sites (N-methyl/N-ethyl adjacent to an activating group) is 1. The molecule has 0 radical (unpaired) electrons. The second-order valence-corrected chi connectivity index (χ2v) is 11.7. The number of thiophene rings is 1. The first-order valence-electron chi connectivity index (χ1n) is 11.7.